The number of ether oxygens (including phenoxy) is 3. The standard InChI is InChI=1S/C40H51N7O8/c1-8-24-19-40(24,37(50)51)44-35(48)30-17-27(20-46(30)36(49)34(39(4,5)6)43-38(52)55-26-14-22-13-23(22)15-26)54-31-18-33(47-12-11-32(45-47)41-21(2)3)42-29-16-25(53-7)9-10-28(29)31/h8-12,16,18,21-24,26-27,30,34H,1,13-15,17,19-20H2,2-7H3,(H,41,45)(H,43,52)(H,44,48)(H,50,51)/t22-,23+,24-,26?,27-,30+,34-,40-/m1/s1. The lowest BCUT2D eigenvalue weighted by Crippen LogP contribution is -2.59. The zero-order valence-corrected chi connectivity index (χ0v) is 32.2. The van der Waals surface area contributed by atoms with Gasteiger partial charge in [0.2, 0.25) is 11.8 Å². The summed E-state index contributed by atoms with van der Waals surface area (Å²) in [5.41, 5.74) is -1.71. The summed E-state index contributed by atoms with van der Waals surface area (Å²) in [5, 5.41) is 24.2. The number of aromatic nitrogens is 3. The van der Waals surface area contributed by atoms with E-state index in [4.69, 9.17) is 19.2 Å². The van der Waals surface area contributed by atoms with E-state index in [1.165, 1.54) is 17.4 Å². The van der Waals surface area contributed by atoms with Crippen molar-refractivity contribution < 1.29 is 38.5 Å². The maximum Gasteiger partial charge on any atom is 0.408 e. The lowest BCUT2D eigenvalue weighted by atomic mass is 9.85. The monoisotopic (exact) mass is 757 g/mol. The number of rotatable bonds is 13. The molecule has 1 aromatic carbocycles. The SMILES string of the molecule is C=C[C@@H]1C[C@]1(NC(=O)[C@@H]1C[C@@H](Oc2cc(-n3ccc(NC(C)C)n3)nc3cc(OC)ccc23)CN1C(=O)[C@@H](NC(=O)OC1C[C@@H]2C[C@@H]2C1)C(C)(C)C)C(=O)O. The summed E-state index contributed by atoms with van der Waals surface area (Å²) in [4.78, 5) is 60.6. The predicted molar refractivity (Wildman–Crippen MR) is 203 cm³/mol. The second kappa shape index (κ2) is 14.4. The highest BCUT2D eigenvalue weighted by Gasteiger charge is 2.61. The van der Waals surface area contributed by atoms with Crippen LogP contribution in [-0.2, 0) is 19.1 Å². The van der Waals surface area contributed by atoms with E-state index in [2.05, 4.69) is 27.6 Å². The molecule has 8 atom stereocenters. The van der Waals surface area contributed by atoms with Crippen molar-refractivity contribution in [3.8, 4) is 17.3 Å². The van der Waals surface area contributed by atoms with Gasteiger partial charge in [-0.15, -0.1) is 11.7 Å². The summed E-state index contributed by atoms with van der Waals surface area (Å²) >= 11 is 0. The van der Waals surface area contributed by atoms with Crippen LogP contribution in [0.3, 0.4) is 0 Å². The average Bonchev–Trinajstić information content (AvgIpc) is 3.79. The summed E-state index contributed by atoms with van der Waals surface area (Å²) in [6, 6.07) is 7.00. The number of carbonyl (C=O) groups is 4. The minimum atomic E-state index is -1.51. The molecule has 3 saturated carbocycles. The largest absolute Gasteiger partial charge is 0.497 e. The Kier molecular flexibility index (Phi) is 9.93. The molecule has 0 spiro atoms. The van der Waals surface area contributed by atoms with Gasteiger partial charge in [-0.25, -0.2) is 19.3 Å². The number of pyridine rings is 1. The molecule has 15 nitrogen and oxygen atoms in total. The molecule has 4 aliphatic rings. The number of fused-ring (bicyclic) bond motifs is 2. The molecular formula is C40H51N7O8. The fourth-order valence-corrected chi connectivity index (χ4v) is 8.08. The summed E-state index contributed by atoms with van der Waals surface area (Å²) in [6.45, 7) is 13.2. The molecule has 4 N–H and O–H groups in total. The highest BCUT2D eigenvalue weighted by Crippen LogP contribution is 2.52. The molecule has 0 bridgehead atoms. The Balaban J connectivity index is 1.19. The number of likely N-dealkylation sites (tertiary alicyclic amines) is 1. The lowest BCUT2D eigenvalue weighted by Gasteiger charge is -2.35. The first-order chi connectivity index (χ1) is 26.1. The van der Waals surface area contributed by atoms with Crippen molar-refractivity contribution in [3.05, 3.63) is 49.2 Å². The van der Waals surface area contributed by atoms with Gasteiger partial charge in [0.25, 0.3) is 0 Å². The van der Waals surface area contributed by atoms with Crippen LogP contribution in [-0.4, -0.2) is 98.2 Å². The third-order valence-electron chi connectivity index (χ3n) is 11.2. The van der Waals surface area contributed by atoms with Gasteiger partial charge in [0.1, 0.15) is 47.1 Å². The molecule has 55 heavy (non-hydrogen) atoms. The predicted octanol–water partition coefficient (Wildman–Crippen LogP) is 4.68. The highest BCUT2D eigenvalue weighted by molar-refractivity contribution is 5.96. The van der Waals surface area contributed by atoms with Crippen LogP contribution in [0.4, 0.5) is 10.6 Å². The number of anilines is 1. The number of carbonyl (C=O) groups excluding carboxylic acids is 3. The van der Waals surface area contributed by atoms with Crippen LogP contribution in [0.5, 0.6) is 11.5 Å². The first kappa shape index (κ1) is 38.0. The third kappa shape index (κ3) is 7.78. The number of carboxylic acid groups (broad SMARTS) is 1. The molecule has 2 aromatic heterocycles. The Morgan fingerprint density at radius 3 is 2.44 bits per heavy atom. The van der Waals surface area contributed by atoms with Crippen molar-refractivity contribution in [1.29, 1.82) is 0 Å². The number of benzene rings is 1. The van der Waals surface area contributed by atoms with Crippen LogP contribution in [0.15, 0.2) is 49.2 Å². The number of alkyl carbamates (subject to hydrolysis) is 1. The fourth-order valence-electron chi connectivity index (χ4n) is 8.08. The van der Waals surface area contributed by atoms with Crippen molar-refractivity contribution >= 4 is 40.6 Å². The van der Waals surface area contributed by atoms with Gasteiger partial charge in [-0.05, 0) is 68.9 Å². The molecule has 294 valence electrons. The van der Waals surface area contributed by atoms with Crippen LogP contribution in [0.1, 0.15) is 66.7 Å². The summed E-state index contributed by atoms with van der Waals surface area (Å²) in [6.07, 6.45) is 4.79. The van der Waals surface area contributed by atoms with E-state index in [-0.39, 0.29) is 31.5 Å². The van der Waals surface area contributed by atoms with Crippen molar-refractivity contribution in [2.75, 3.05) is 19.0 Å². The van der Waals surface area contributed by atoms with Crippen molar-refractivity contribution in [3.63, 3.8) is 0 Å². The molecule has 3 aromatic rings. The minimum absolute atomic E-state index is 0.0172. The molecule has 1 saturated heterocycles. The first-order valence-corrected chi connectivity index (χ1v) is 19.0. The van der Waals surface area contributed by atoms with Crippen LogP contribution < -0.4 is 25.4 Å². The maximum atomic E-state index is 14.6. The molecular weight excluding hydrogens is 706 g/mol. The normalized spacial score (nSPS) is 27.2. The van der Waals surface area contributed by atoms with Gasteiger partial charge in [-0.1, -0.05) is 26.8 Å². The molecule has 3 aliphatic carbocycles. The van der Waals surface area contributed by atoms with Crippen LogP contribution in [0.25, 0.3) is 16.7 Å². The molecule has 15 heteroatoms. The molecule has 7 rings (SSSR count). The number of amides is 3. The van der Waals surface area contributed by atoms with Crippen LogP contribution >= 0.6 is 0 Å². The van der Waals surface area contributed by atoms with Gasteiger partial charge in [0, 0.05) is 48.2 Å². The van der Waals surface area contributed by atoms with Crippen LogP contribution in [0, 0.1) is 23.2 Å². The Bertz CT molecular complexity index is 2000. The van der Waals surface area contributed by atoms with E-state index in [9.17, 15) is 24.3 Å². The summed E-state index contributed by atoms with van der Waals surface area (Å²) < 4.78 is 19.5. The van der Waals surface area contributed by atoms with Gasteiger partial charge >= 0.3 is 12.1 Å². The van der Waals surface area contributed by atoms with E-state index < -0.39 is 58.9 Å². The average molecular weight is 758 g/mol. The second-order valence-electron chi connectivity index (χ2n) is 16.8. The maximum absolute atomic E-state index is 14.6. The third-order valence-corrected chi connectivity index (χ3v) is 11.2. The molecule has 4 fully saturated rings. The first-order valence-electron chi connectivity index (χ1n) is 19.0. The van der Waals surface area contributed by atoms with E-state index in [0.29, 0.717) is 45.9 Å². The van der Waals surface area contributed by atoms with Crippen molar-refractivity contribution in [2.45, 2.75) is 103 Å². The van der Waals surface area contributed by atoms with Crippen molar-refractivity contribution in [2.24, 2.45) is 23.2 Å². The summed E-state index contributed by atoms with van der Waals surface area (Å²) in [7, 11) is 1.57. The van der Waals surface area contributed by atoms with E-state index in [0.717, 1.165) is 12.8 Å². The number of nitrogens with one attached hydrogen (secondary N) is 3. The Morgan fingerprint density at radius 1 is 1.05 bits per heavy atom. The van der Waals surface area contributed by atoms with Crippen LogP contribution in [0.2, 0.25) is 0 Å². The molecule has 1 unspecified atom stereocenters. The zero-order valence-electron chi connectivity index (χ0n) is 32.2. The van der Waals surface area contributed by atoms with Gasteiger partial charge < -0.3 is 40.2 Å². The van der Waals surface area contributed by atoms with Gasteiger partial charge in [-0.2, -0.15) is 0 Å². The number of hydrogen-bond donors (Lipinski definition) is 4. The summed E-state index contributed by atoms with van der Waals surface area (Å²) in [5.74, 6) is 0.624. The molecule has 1 aliphatic heterocycles. The quantitative estimate of drug-likeness (QED) is 0.178. The smallest absolute Gasteiger partial charge is 0.408 e. The van der Waals surface area contributed by atoms with E-state index in [1.54, 1.807) is 36.2 Å². The highest BCUT2D eigenvalue weighted by atomic mass is 16.6. The fraction of sp³-hybridized carbons (Fsp3) is 0.550. The van der Waals surface area contributed by atoms with E-state index >= 15 is 0 Å². The zero-order chi connectivity index (χ0) is 39.4. The number of methoxy groups -OCH3 is 1. The Labute approximate surface area is 320 Å². The topological polar surface area (TPSA) is 186 Å². The number of hydrogen-bond acceptors (Lipinski definition) is 10. The number of aliphatic carboxylic acids is 1. The van der Waals surface area contributed by atoms with Gasteiger partial charge in [0.05, 0.1) is 19.2 Å². The Morgan fingerprint density at radius 2 is 1.80 bits per heavy atom. The van der Waals surface area contributed by atoms with Gasteiger partial charge in [-0.3, -0.25) is 9.59 Å². The number of nitrogens with zero attached hydrogens (tertiary/aromatic N) is 4. The second-order valence-corrected chi connectivity index (χ2v) is 16.8. The van der Waals surface area contributed by atoms with Gasteiger partial charge in [0.15, 0.2) is 5.82 Å². The molecule has 0 radical (unpaired) electrons. The number of carboxylic acids is 1. The van der Waals surface area contributed by atoms with Crippen molar-refractivity contribution in [1.82, 2.24) is 30.3 Å². The Hall–Kier alpha value is -5.34. The lowest BCUT2D eigenvalue weighted by molar-refractivity contribution is -0.146. The minimum Gasteiger partial charge on any atom is -0.497 e. The molecule has 3 amide bonds. The molecule has 3 heterocycles. The van der Waals surface area contributed by atoms with E-state index in [1.807, 2.05) is 46.8 Å².